The van der Waals surface area contributed by atoms with Crippen LogP contribution in [-0.4, -0.2) is 44.8 Å². The Hall–Kier alpha value is -3.95. The molecule has 1 N–H and O–H groups in total. The maximum atomic E-state index is 14.2. The molecule has 0 radical (unpaired) electrons. The molecular formula is C32H32BrN3O4S. The summed E-state index contributed by atoms with van der Waals surface area (Å²) in [6.45, 7) is 1.52. The number of hydrogen-bond acceptors (Lipinski definition) is 4. The number of halogens is 1. The average molecular weight is 635 g/mol. The van der Waals surface area contributed by atoms with Crippen molar-refractivity contribution in [3.63, 3.8) is 0 Å². The Balaban J connectivity index is 1.78. The molecule has 0 spiro atoms. The lowest BCUT2D eigenvalue weighted by atomic mass is 10.0. The van der Waals surface area contributed by atoms with E-state index in [0.29, 0.717) is 5.69 Å². The van der Waals surface area contributed by atoms with E-state index in [0.717, 1.165) is 25.5 Å². The number of carbonyl (C=O) groups excluding carboxylic acids is 2. The number of carbonyl (C=O) groups is 2. The van der Waals surface area contributed by atoms with Crippen LogP contribution in [0.25, 0.3) is 0 Å². The minimum Gasteiger partial charge on any atom is -0.357 e. The van der Waals surface area contributed by atoms with E-state index in [1.165, 1.54) is 24.1 Å². The second kappa shape index (κ2) is 13.6. The van der Waals surface area contributed by atoms with E-state index in [1.54, 1.807) is 42.5 Å². The summed E-state index contributed by atoms with van der Waals surface area (Å²) in [7, 11) is -2.58. The number of benzene rings is 4. The smallest absolute Gasteiger partial charge is 0.264 e. The maximum Gasteiger partial charge on any atom is 0.264 e. The van der Waals surface area contributed by atoms with Crippen LogP contribution in [0.4, 0.5) is 5.69 Å². The van der Waals surface area contributed by atoms with Gasteiger partial charge in [-0.05, 0) is 54.4 Å². The molecule has 4 aromatic carbocycles. The number of nitrogens with one attached hydrogen (secondary N) is 1. The summed E-state index contributed by atoms with van der Waals surface area (Å²) in [4.78, 5) is 29.1. The first-order valence-electron chi connectivity index (χ1n) is 13.1. The lowest BCUT2D eigenvalue weighted by Crippen LogP contribution is -2.53. The summed E-state index contributed by atoms with van der Waals surface area (Å²) in [5.74, 6) is -0.848. The largest absolute Gasteiger partial charge is 0.357 e. The number of aryl methyl sites for hydroxylation is 1. The highest BCUT2D eigenvalue weighted by atomic mass is 79.9. The van der Waals surface area contributed by atoms with Gasteiger partial charge in [0.05, 0.1) is 10.6 Å². The van der Waals surface area contributed by atoms with Gasteiger partial charge in [-0.15, -0.1) is 0 Å². The van der Waals surface area contributed by atoms with Crippen LogP contribution >= 0.6 is 15.9 Å². The van der Waals surface area contributed by atoms with Crippen LogP contribution in [0.15, 0.2) is 119 Å². The molecule has 0 aliphatic carbocycles. The summed E-state index contributed by atoms with van der Waals surface area (Å²) in [5.41, 5.74) is 2.98. The number of amides is 2. The molecule has 4 aromatic rings. The number of hydrogen-bond donors (Lipinski definition) is 1. The van der Waals surface area contributed by atoms with Crippen molar-refractivity contribution in [3.05, 3.63) is 130 Å². The number of nitrogens with zero attached hydrogens (tertiary/aromatic N) is 2. The Labute approximate surface area is 250 Å². The van der Waals surface area contributed by atoms with Crippen LogP contribution in [0.2, 0.25) is 0 Å². The van der Waals surface area contributed by atoms with Crippen LogP contribution in [-0.2, 0) is 32.6 Å². The van der Waals surface area contributed by atoms with Crippen LogP contribution in [0, 0.1) is 6.92 Å². The topological polar surface area (TPSA) is 86.8 Å². The van der Waals surface area contributed by atoms with Crippen molar-refractivity contribution >= 4 is 43.5 Å². The first kappa shape index (κ1) is 30.0. The van der Waals surface area contributed by atoms with Crippen molar-refractivity contribution in [2.45, 2.75) is 30.8 Å². The highest BCUT2D eigenvalue weighted by molar-refractivity contribution is 9.10. The van der Waals surface area contributed by atoms with Gasteiger partial charge in [-0.3, -0.25) is 13.9 Å². The number of anilines is 1. The van der Waals surface area contributed by atoms with Gasteiger partial charge in [0.1, 0.15) is 12.6 Å². The zero-order valence-electron chi connectivity index (χ0n) is 22.9. The molecule has 41 heavy (non-hydrogen) atoms. The Morgan fingerprint density at radius 2 is 1.44 bits per heavy atom. The molecule has 9 heteroatoms. The third-order valence-corrected chi connectivity index (χ3v) is 8.97. The van der Waals surface area contributed by atoms with Gasteiger partial charge in [0.25, 0.3) is 10.0 Å². The van der Waals surface area contributed by atoms with E-state index in [4.69, 9.17) is 0 Å². The van der Waals surface area contributed by atoms with Gasteiger partial charge in [0.2, 0.25) is 11.8 Å². The van der Waals surface area contributed by atoms with Gasteiger partial charge in [-0.1, -0.05) is 94.3 Å². The molecule has 0 aliphatic rings. The zero-order chi connectivity index (χ0) is 29.4. The third kappa shape index (κ3) is 7.62. The summed E-state index contributed by atoms with van der Waals surface area (Å²) >= 11 is 3.48. The molecule has 0 fully saturated rings. The van der Waals surface area contributed by atoms with E-state index >= 15 is 0 Å². The number of likely N-dealkylation sites (N-methyl/N-ethyl adjacent to an activating group) is 1. The van der Waals surface area contributed by atoms with Gasteiger partial charge in [0.15, 0.2) is 0 Å². The number of rotatable bonds is 11. The van der Waals surface area contributed by atoms with E-state index in [9.17, 15) is 18.0 Å². The first-order chi connectivity index (χ1) is 19.7. The third-order valence-electron chi connectivity index (χ3n) is 6.69. The minimum absolute atomic E-state index is 0.0686. The van der Waals surface area contributed by atoms with Crippen molar-refractivity contribution in [3.8, 4) is 0 Å². The normalized spacial score (nSPS) is 11.9. The predicted molar refractivity (Wildman–Crippen MR) is 165 cm³/mol. The fourth-order valence-electron chi connectivity index (χ4n) is 4.51. The van der Waals surface area contributed by atoms with Crippen molar-refractivity contribution in [2.24, 2.45) is 0 Å². The van der Waals surface area contributed by atoms with E-state index in [-0.39, 0.29) is 23.8 Å². The minimum atomic E-state index is -4.11. The summed E-state index contributed by atoms with van der Waals surface area (Å²) in [6.07, 6.45) is 0.260. The fraction of sp³-hybridized carbons (Fsp3) is 0.188. The lowest BCUT2D eigenvalue weighted by Gasteiger charge is -2.33. The first-order valence-corrected chi connectivity index (χ1v) is 15.4. The lowest BCUT2D eigenvalue weighted by molar-refractivity contribution is -0.139. The molecule has 0 saturated carbocycles. The Kier molecular flexibility index (Phi) is 9.96. The average Bonchev–Trinajstić information content (AvgIpc) is 2.98. The van der Waals surface area contributed by atoms with Gasteiger partial charge in [-0.25, -0.2) is 8.42 Å². The zero-order valence-corrected chi connectivity index (χ0v) is 25.3. The standard InChI is InChI=1S/C32H32BrN3O4S/c1-24-16-18-28(19-17-24)36(41(39,40)29-14-7-4-8-15-29)23-31(37)35(22-26-12-9-13-27(33)20-26)30(32(38)34-2)21-25-10-5-3-6-11-25/h3-20,30H,21-23H2,1-2H3,(H,34,38)/t30-/m1/s1. The Morgan fingerprint density at radius 3 is 2.05 bits per heavy atom. The molecule has 1 atom stereocenters. The Morgan fingerprint density at radius 1 is 0.829 bits per heavy atom. The molecule has 0 saturated heterocycles. The molecule has 212 valence electrons. The van der Waals surface area contributed by atoms with Crippen LogP contribution in [0.5, 0.6) is 0 Å². The molecule has 0 bridgehead atoms. The van der Waals surface area contributed by atoms with Crippen molar-refractivity contribution < 1.29 is 18.0 Å². The van der Waals surface area contributed by atoms with Crippen molar-refractivity contribution in [1.29, 1.82) is 0 Å². The van der Waals surface area contributed by atoms with Crippen LogP contribution in [0.3, 0.4) is 0 Å². The highest BCUT2D eigenvalue weighted by Gasteiger charge is 2.34. The number of sulfonamides is 1. The summed E-state index contributed by atoms with van der Waals surface area (Å²) < 4.78 is 29.7. The Bertz CT molecular complexity index is 1580. The fourth-order valence-corrected chi connectivity index (χ4v) is 6.39. The molecule has 2 amide bonds. The molecule has 4 rings (SSSR count). The molecule has 0 aromatic heterocycles. The van der Waals surface area contributed by atoms with Crippen molar-refractivity contribution in [1.82, 2.24) is 10.2 Å². The van der Waals surface area contributed by atoms with Crippen molar-refractivity contribution in [2.75, 3.05) is 17.9 Å². The van der Waals surface area contributed by atoms with Gasteiger partial charge >= 0.3 is 0 Å². The quantitative estimate of drug-likeness (QED) is 0.242. The van der Waals surface area contributed by atoms with E-state index < -0.39 is 28.5 Å². The molecule has 7 nitrogen and oxygen atoms in total. The molecule has 0 heterocycles. The predicted octanol–water partition coefficient (Wildman–Crippen LogP) is 5.34. The SMILES string of the molecule is CNC(=O)[C@@H](Cc1ccccc1)N(Cc1cccc(Br)c1)C(=O)CN(c1ccc(C)cc1)S(=O)(=O)c1ccccc1. The van der Waals surface area contributed by atoms with Gasteiger partial charge in [-0.2, -0.15) is 0 Å². The molecule has 0 aliphatic heterocycles. The summed E-state index contributed by atoms with van der Waals surface area (Å²) in [5, 5.41) is 2.69. The van der Waals surface area contributed by atoms with E-state index in [1.807, 2.05) is 61.5 Å². The monoisotopic (exact) mass is 633 g/mol. The van der Waals surface area contributed by atoms with Gasteiger partial charge < -0.3 is 10.2 Å². The molecular weight excluding hydrogens is 602 g/mol. The maximum absolute atomic E-state index is 14.2. The second-order valence-electron chi connectivity index (χ2n) is 9.63. The van der Waals surface area contributed by atoms with Crippen LogP contribution < -0.4 is 9.62 Å². The highest BCUT2D eigenvalue weighted by Crippen LogP contribution is 2.25. The van der Waals surface area contributed by atoms with E-state index in [2.05, 4.69) is 21.2 Å². The molecule has 0 unspecified atom stereocenters. The summed E-state index contributed by atoms with van der Waals surface area (Å²) in [6, 6.07) is 31.0. The van der Waals surface area contributed by atoms with Crippen LogP contribution in [0.1, 0.15) is 16.7 Å². The van der Waals surface area contributed by atoms with Gasteiger partial charge in [0, 0.05) is 24.5 Å². The second-order valence-corrected chi connectivity index (χ2v) is 12.4.